The van der Waals surface area contributed by atoms with Crippen molar-refractivity contribution in [3.05, 3.63) is 71.4 Å². The van der Waals surface area contributed by atoms with Crippen LogP contribution in [0.5, 0.6) is 11.5 Å². The highest BCUT2D eigenvalue weighted by atomic mass is 35.5. The Balaban J connectivity index is 1.65. The maximum atomic E-state index is 13.6. The number of amides is 1. The first-order chi connectivity index (χ1) is 18.1. The number of aryl methyl sites for hydroxylation is 1. The van der Waals surface area contributed by atoms with Gasteiger partial charge in [0.15, 0.2) is 5.75 Å². The number of hydrogen-bond donors (Lipinski definition) is 2. The van der Waals surface area contributed by atoms with Crippen molar-refractivity contribution in [1.82, 2.24) is 4.98 Å². The monoisotopic (exact) mass is 569 g/mol. The molecule has 0 spiro atoms. The highest BCUT2D eigenvalue weighted by Crippen LogP contribution is 2.42. The molecule has 0 fully saturated rings. The number of halogens is 5. The van der Waals surface area contributed by atoms with Crippen LogP contribution in [0.2, 0.25) is 0 Å². The molecular formula is C26H24Cl2F3N3O4. The first-order valence-electron chi connectivity index (χ1n) is 11.7. The van der Waals surface area contributed by atoms with Crippen LogP contribution in [0.4, 0.5) is 30.4 Å². The Morgan fingerprint density at radius 3 is 2.68 bits per heavy atom. The van der Waals surface area contributed by atoms with Crippen LogP contribution in [0.15, 0.2) is 54.7 Å². The van der Waals surface area contributed by atoms with Gasteiger partial charge in [-0.05, 0) is 48.4 Å². The van der Waals surface area contributed by atoms with Gasteiger partial charge >= 0.3 is 6.18 Å². The molecule has 1 aromatic heterocycles. The largest absolute Gasteiger partial charge is 0.490 e. The molecule has 2 heterocycles. The fourth-order valence-corrected chi connectivity index (χ4v) is 4.14. The second-order valence-corrected chi connectivity index (χ2v) is 9.69. The second-order valence-electron chi connectivity index (χ2n) is 8.41. The molecule has 0 saturated carbocycles. The number of aromatic nitrogens is 1. The maximum absolute atomic E-state index is 13.6. The van der Waals surface area contributed by atoms with Gasteiger partial charge in [0, 0.05) is 11.9 Å². The zero-order valence-electron chi connectivity index (χ0n) is 20.1. The average Bonchev–Trinajstić information content (AvgIpc) is 2.90. The smallest absolute Gasteiger partial charge is 0.420 e. The molecular weight excluding hydrogens is 546 g/mol. The third-order valence-electron chi connectivity index (χ3n) is 5.87. The number of anilines is 3. The van der Waals surface area contributed by atoms with Crippen molar-refractivity contribution in [3.8, 4) is 11.5 Å². The van der Waals surface area contributed by atoms with Crippen molar-refractivity contribution in [2.75, 3.05) is 30.0 Å². The summed E-state index contributed by atoms with van der Waals surface area (Å²) in [5.41, 5.74) is 0.453. The number of aliphatic hydroxyl groups excluding tert-OH is 1. The second kappa shape index (κ2) is 11.7. The number of para-hydroxylation sites is 1. The number of alkyl halides is 5. The summed E-state index contributed by atoms with van der Waals surface area (Å²) < 4.78 is 51.9. The molecule has 1 aliphatic rings. The Kier molecular flexibility index (Phi) is 8.54. The summed E-state index contributed by atoms with van der Waals surface area (Å²) in [4.78, 5) is 18.5. The molecule has 0 bridgehead atoms. The van der Waals surface area contributed by atoms with Gasteiger partial charge in [-0.25, -0.2) is 4.98 Å². The van der Waals surface area contributed by atoms with Crippen LogP contribution in [0, 0.1) is 0 Å². The van der Waals surface area contributed by atoms with Crippen LogP contribution >= 0.6 is 23.2 Å². The number of carbonyl (C=O) groups is 1. The van der Waals surface area contributed by atoms with E-state index in [-0.39, 0.29) is 36.8 Å². The van der Waals surface area contributed by atoms with E-state index in [4.69, 9.17) is 32.7 Å². The van der Waals surface area contributed by atoms with Gasteiger partial charge < -0.3 is 24.8 Å². The lowest BCUT2D eigenvalue weighted by Gasteiger charge is -2.37. The van der Waals surface area contributed by atoms with Crippen LogP contribution in [-0.4, -0.2) is 46.7 Å². The molecule has 38 heavy (non-hydrogen) atoms. The molecule has 2 N–H and O–H groups in total. The van der Waals surface area contributed by atoms with Crippen LogP contribution in [0.3, 0.4) is 0 Å². The SMILES string of the molecule is CCc1ccc(N2c3cccc(C(=O)Nc4ccc(OCC(Cl)Cl)c(C(F)(F)F)c4)c3OC[C@@H]2CO)nc1. The van der Waals surface area contributed by atoms with E-state index in [0.29, 0.717) is 11.5 Å². The van der Waals surface area contributed by atoms with Crippen LogP contribution in [0.25, 0.3) is 0 Å². The molecule has 1 amide bonds. The number of aliphatic hydroxyl groups is 1. The van der Waals surface area contributed by atoms with E-state index in [1.165, 1.54) is 12.1 Å². The zero-order valence-corrected chi connectivity index (χ0v) is 21.6. The molecule has 7 nitrogen and oxygen atoms in total. The van der Waals surface area contributed by atoms with E-state index in [9.17, 15) is 23.1 Å². The van der Waals surface area contributed by atoms with E-state index in [1.54, 1.807) is 23.2 Å². The number of rotatable bonds is 8. The number of carbonyl (C=O) groups excluding carboxylic acids is 1. The maximum Gasteiger partial charge on any atom is 0.420 e. The standard InChI is InChI=1S/C26H24Cl2F3N3O4/c1-2-15-6-9-23(32-11-15)34-17(12-35)13-38-24-18(4-3-5-20(24)34)25(36)33-16-7-8-21(37-14-22(27)28)19(10-16)26(29,30)31/h3-11,17,22,35H,2,12-14H2,1H3,(H,33,36)/t17-/m0/s1. The molecule has 2 aromatic carbocycles. The van der Waals surface area contributed by atoms with Crippen molar-refractivity contribution in [1.29, 1.82) is 0 Å². The molecule has 3 aromatic rings. The number of benzene rings is 2. The predicted molar refractivity (Wildman–Crippen MR) is 139 cm³/mol. The van der Waals surface area contributed by atoms with Gasteiger partial charge in [0.1, 0.15) is 29.6 Å². The predicted octanol–water partition coefficient (Wildman–Crippen LogP) is 5.99. The van der Waals surface area contributed by atoms with Gasteiger partial charge in [-0.2, -0.15) is 13.2 Å². The lowest BCUT2D eigenvalue weighted by molar-refractivity contribution is -0.138. The number of ether oxygens (including phenoxy) is 2. The summed E-state index contributed by atoms with van der Waals surface area (Å²) in [5.74, 6) is -0.358. The first-order valence-corrected chi connectivity index (χ1v) is 12.5. The molecule has 202 valence electrons. The zero-order chi connectivity index (χ0) is 27.4. The van der Waals surface area contributed by atoms with E-state index >= 15 is 0 Å². The molecule has 1 aliphatic heterocycles. The minimum Gasteiger partial charge on any atom is -0.490 e. The van der Waals surface area contributed by atoms with Crippen molar-refractivity contribution < 1.29 is 32.5 Å². The lowest BCUT2D eigenvalue weighted by Crippen LogP contribution is -2.43. The fourth-order valence-electron chi connectivity index (χ4n) is 4.02. The Labute approximate surface area is 227 Å². The molecule has 0 saturated heterocycles. The number of nitrogens with zero attached hydrogens (tertiary/aromatic N) is 2. The van der Waals surface area contributed by atoms with E-state index in [1.807, 2.05) is 19.1 Å². The molecule has 1 atom stereocenters. The number of nitrogens with one attached hydrogen (secondary N) is 1. The van der Waals surface area contributed by atoms with Crippen LogP contribution < -0.4 is 19.7 Å². The van der Waals surface area contributed by atoms with Gasteiger partial charge in [-0.15, -0.1) is 23.2 Å². The third kappa shape index (κ3) is 6.09. The minimum absolute atomic E-state index is 0.0669. The van der Waals surface area contributed by atoms with Gasteiger partial charge in [0.2, 0.25) is 0 Å². The summed E-state index contributed by atoms with van der Waals surface area (Å²) in [5, 5.41) is 12.5. The molecule has 12 heteroatoms. The van der Waals surface area contributed by atoms with Gasteiger partial charge in [0.25, 0.3) is 5.91 Å². The molecule has 0 unspecified atom stereocenters. The van der Waals surface area contributed by atoms with Crippen LogP contribution in [0.1, 0.15) is 28.4 Å². The van der Waals surface area contributed by atoms with Gasteiger partial charge in [-0.3, -0.25) is 4.79 Å². The molecule has 4 rings (SSSR count). The summed E-state index contributed by atoms with van der Waals surface area (Å²) in [7, 11) is 0. The van der Waals surface area contributed by atoms with E-state index in [0.717, 1.165) is 24.1 Å². The van der Waals surface area contributed by atoms with E-state index in [2.05, 4.69) is 10.3 Å². The molecule has 0 radical (unpaired) electrons. The highest BCUT2D eigenvalue weighted by Gasteiger charge is 2.36. The Morgan fingerprint density at radius 1 is 1.26 bits per heavy atom. The topological polar surface area (TPSA) is 83.9 Å². The molecule has 0 aliphatic carbocycles. The first kappa shape index (κ1) is 27.8. The third-order valence-corrected chi connectivity index (χ3v) is 6.12. The Hall–Kier alpha value is -3.21. The quantitative estimate of drug-likeness (QED) is 0.324. The fraction of sp³-hybridized carbons (Fsp3) is 0.308. The Morgan fingerprint density at radius 2 is 2.05 bits per heavy atom. The number of pyridine rings is 1. The normalized spacial score (nSPS) is 15.2. The Bertz CT molecular complexity index is 1290. The minimum atomic E-state index is -4.75. The average molecular weight is 570 g/mol. The summed E-state index contributed by atoms with van der Waals surface area (Å²) in [6.45, 7) is 1.51. The van der Waals surface area contributed by atoms with Crippen molar-refractivity contribution in [3.63, 3.8) is 0 Å². The van der Waals surface area contributed by atoms with Crippen molar-refractivity contribution in [2.24, 2.45) is 0 Å². The van der Waals surface area contributed by atoms with Gasteiger partial charge in [0.05, 0.1) is 29.5 Å². The number of fused-ring (bicyclic) bond motifs is 1. The summed E-state index contributed by atoms with van der Waals surface area (Å²) >= 11 is 11.1. The van der Waals surface area contributed by atoms with Crippen molar-refractivity contribution in [2.45, 2.75) is 30.4 Å². The summed E-state index contributed by atoms with van der Waals surface area (Å²) in [6.07, 6.45) is -2.20. The highest BCUT2D eigenvalue weighted by molar-refractivity contribution is 6.44. The van der Waals surface area contributed by atoms with Crippen molar-refractivity contribution >= 4 is 46.3 Å². The summed E-state index contributed by atoms with van der Waals surface area (Å²) in [6, 6.07) is 11.3. The van der Waals surface area contributed by atoms with Gasteiger partial charge in [-0.1, -0.05) is 19.1 Å². The number of hydrogen-bond acceptors (Lipinski definition) is 6. The van der Waals surface area contributed by atoms with E-state index < -0.39 is 34.3 Å². The lowest BCUT2D eigenvalue weighted by atomic mass is 10.1. The van der Waals surface area contributed by atoms with Crippen LogP contribution in [-0.2, 0) is 12.6 Å².